The highest BCUT2D eigenvalue weighted by molar-refractivity contribution is 7.47. The highest BCUT2D eigenvalue weighted by Gasteiger charge is 2.25. The van der Waals surface area contributed by atoms with Gasteiger partial charge < -0.3 is 25.2 Å². The van der Waals surface area contributed by atoms with E-state index in [1.807, 2.05) is 36.5 Å². The molecule has 0 bridgehead atoms. The molecular weight excluding hydrogens is 729 g/mol. The summed E-state index contributed by atoms with van der Waals surface area (Å²) in [7, 11) is -4.41. The van der Waals surface area contributed by atoms with Gasteiger partial charge in [-0.3, -0.25) is 18.6 Å². The minimum atomic E-state index is -4.41. The van der Waals surface area contributed by atoms with Crippen LogP contribution in [0, 0.1) is 0 Å². The van der Waals surface area contributed by atoms with Gasteiger partial charge in [-0.05, 0) is 77.0 Å². The summed E-state index contributed by atoms with van der Waals surface area (Å²) in [5.74, 6) is -0.955. The van der Waals surface area contributed by atoms with E-state index in [2.05, 4.69) is 62.5 Å². The molecule has 0 saturated carbocycles. The third-order valence-corrected chi connectivity index (χ3v) is 9.34. The molecule has 4 N–H and O–H groups in total. The first-order valence-corrected chi connectivity index (χ1v) is 22.7. The van der Waals surface area contributed by atoms with Gasteiger partial charge in [0.1, 0.15) is 6.61 Å². The van der Waals surface area contributed by atoms with Gasteiger partial charge in [-0.2, -0.15) is 0 Å². The molecule has 3 atom stereocenters. The lowest BCUT2D eigenvalue weighted by molar-refractivity contribution is -0.161. The second kappa shape index (κ2) is 40.4. The van der Waals surface area contributed by atoms with E-state index in [1.165, 1.54) is 25.7 Å². The van der Waals surface area contributed by atoms with Crippen LogP contribution >= 0.6 is 7.82 Å². The number of hydrogen-bond donors (Lipinski definition) is 3. The minimum Gasteiger partial charge on any atom is -0.462 e. The molecule has 0 aliphatic rings. The fraction of sp³-hybridized carbons (Fsp3) is 0.644. The van der Waals surface area contributed by atoms with Gasteiger partial charge in [0.25, 0.3) is 0 Å². The third kappa shape index (κ3) is 39.4. The van der Waals surface area contributed by atoms with Crippen LogP contribution in [0.15, 0.2) is 85.1 Å². The monoisotopic (exact) mass is 806 g/mol. The topological polar surface area (TPSA) is 155 Å². The lowest BCUT2D eigenvalue weighted by Crippen LogP contribution is -2.29. The zero-order valence-corrected chi connectivity index (χ0v) is 35.6. The molecule has 0 rings (SSSR count). The molecule has 56 heavy (non-hydrogen) atoms. The number of carbonyl (C=O) groups is 2. The van der Waals surface area contributed by atoms with Crippen LogP contribution in [0.25, 0.3) is 0 Å². The molecule has 0 fully saturated rings. The quantitative estimate of drug-likeness (QED) is 0.0180. The van der Waals surface area contributed by atoms with Crippen molar-refractivity contribution in [1.82, 2.24) is 0 Å². The number of rotatable bonds is 38. The number of hydrogen-bond acceptors (Lipinski definition) is 9. The maximum absolute atomic E-state index is 12.6. The zero-order chi connectivity index (χ0) is 41.2. The number of aliphatic hydroxyl groups is 1. The second-order valence-corrected chi connectivity index (χ2v) is 15.2. The summed E-state index contributed by atoms with van der Waals surface area (Å²) in [6, 6.07) is 0. The lowest BCUT2D eigenvalue weighted by atomic mass is 10.1. The highest BCUT2D eigenvalue weighted by atomic mass is 31.2. The molecule has 0 aliphatic carbocycles. The Bertz CT molecular complexity index is 1210. The Kier molecular flexibility index (Phi) is 38.3. The van der Waals surface area contributed by atoms with Crippen LogP contribution in [0.3, 0.4) is 0 Å². The van der Waals surface area contributed by atoms with Gasteiger partial charge in [0.05, 0.1) is 19.3 Å². The second-order valence-electron chi connectivity index (χ2n) is 13.7. The van der Waals surface area contributed by atoms with Gasteiger partial charge in [-0.25, -0.2) is 4.57 Å². The van der Waals surface area contributed by atoms with Crippen molar-refractivity contribution >= 4 is 19.8 Å². The van der Waals surface area contributed by atoms with Gasteiger partial charge in [0, 0.05) is 19.4 Å². The lowest BCUT2D eigenvalue weighted by Gasteiger charge is -2.19. The van der Waals surface area contributed by atoms with Crippen LogP contribution in [-0.4, -0.2) is 60.5 Å². The molecule has 0 aromatic rings. The number of ether oxygens (including phenoxy) is 2. The van der Waals surface area contributed by atoms with E-state index >= 15 is 0 Å². The fourth-order valence-electron chi connectivity index (χ4n) is 5.15. The smallest absolute Gasteiger partial charge is 0.462 e. The van der Waals surface area contributed by atoms with Crippen LogP contribution in [0.5, 0.6) is 0 Å². The van der Waals surface area contributed by atoms with Crippen molar-refractivity contribution < 1.29 is 42.7 Å². The van der Waals surface area contributed by atoms with E-state index in [0.29, 0.717) is 19.3 Å². The summed E-state index contributed by atoms with van der Waals surface area (Å²) >= 11 is 0. The Labute approximate surface area is 339 Å². The van der Waals surface area contributed by atoms with E-state index in [-0.39, 0.29) is 38.7 Å². The molecule has 0 heterocycles. The third-order valence-electron chi connectivity index (χ3n) is 8.36. The van der Waals surface area contributed by atoms with Crippen LogP contribution in [0.2, 0.25) is 0 Å². The SMILES string of the molecule is CCCCC/C=C\C/C=C\C/C=C\CCCCCCC(=O)O[C@H](COC(=O)CCC/C=C\C/C=C\C/C=C\C=C\[C@H](O)CCCCC)COP(=O)(O)OCCN. The molecule has 10 nitrogen and oxygen atoms in total. The number of nitrogens with two attached hydrogens (primary N) is 1. The van der Waals surface area contributed by atoms with E-state index in [1.54, 1.807) is 0 Å². The molecule has 320 valence electrons. The number of esters is 2. The first-order valence-electron chi connectivity index (χ1n) is 21.2. The number of aliphatic hydroxyl groups excluding tert-OH is 1. The zero-order valence-electron chi connectivity index (χ0n) is 34.7. The predicted molar refractivity (Wildman–Crippen MR) is 230 cm³/mol. The average Bonchev–Trinajstić information content (AvgIpc) is 3.18. The molecular formula is C45H76NO9P. The van der Waals surface area contributed by atoms with Crippen LogP contribution in [0.4, 0.5) is 0 Å². The van der Waals surface area contributed by atoms with Crippen molar-refractivity contribution in [3.63, 3.8) is 0 Å². The molecule has 11 heteroatoms. The molecule has 0 aromatic carbocycles. The average molecular weight is 806 g/mol. The Morgan fingerprint density at radius 2 is 1.16 bits per heavy atom. The Morgan fingerprint density at radius 3 is 1.79 bits per heavy atom. The largest absolute Gasteiger partial charge is 0.472 e. The summed E-state index contributed by atoms with van der Waals surface area (Å²) in [6.07, 6.45) is 46.5. The molecule has 0 amide bonds. The predicted octanol–water partition coefficient (Wildman–Crippen LogP) is 11.0. The normalized spacial score (nSPS) is 14.7. The molecule has 0 saturated heterocycles. The first kappa shape index (κ1) is 53.1. The van der Waals surface area contributed by atoms with Gasteiger partial charge >= 0.3 is 19.8 Å². The molecule has 0 spiro atoms. The van der Waals surface area contributed by atoms with Crippen LogP contribution < -0.4 is 5.73 Å². The molecule has 0 radical (unpaired) electrons. The van der Waals surface area contributed by atoms with Gasteiger partial charge in [0.15, 0.2) is 6.10 Å². The van der Waals surface area contributed by atoms with Crippen molar-refractivity contribution in [2.75, 3.05) is 26.4 Å². The highest BCUT2D eigenvalue weighted by Crippen LogP contribution is 2.43. The maximum atomic E-state index is 12.6. The van der Waals surface area contributed by atoms with Gasteiger partial charge in [-0.1, -0.05) is 144 Å². The first-order chi connectivity index (χ1) is 27.2. The van der Waals surface area contributed by atoms with Crippen molar-refractivity contribution in [2.24, 2.45) is 5.73 Å². The van der Waals surface area contributed by atoms with Crippen molar-refractivity contribution in [2.45, 2.75) is 161 Å². The van der Waals surface area contributed by atoms with Crippen molar-refractivity contribution in [1.29, 1.82) is 0 Å². The number of unbranched alkanes of at least 4 members (excludes halogenated alkanes) is 10. The number of carbonyl (C=O) groups excluding carboxylic acids is 2. The Morgan fingerprint density at radius 1 is 0.625 bits per heavy atom. The summed E-state index contributed by atoms with van der Waals surface area (Å²) in [6.45, 7) is 3.45. The van der Waals surface area contributed by atoms with E-state index in [0.717, 1.165) is 77.0 Å². The van der Waals surface area contributed by atoms with E-state index in [4.69, 9.17) is 24.3 Å². The number of phosphoric acid groups is 1. The van der Waals surface area contributed by atoms with E-state index in [9.17, 15) is 24.2 Å². The van der Waals surface area contributed by atoms with E-state index < -0.39 is 32.5 Å². The summed E-state index contributed by atoms with van der Waals surface area (Å²) < 4.78 is 32.6. The Balaban J connectivity index is 4.37. The van der Waals surface area contributed by atoms with Gasteiger partial charge in [0.2, 0.25) is 0 Å². The van der Waals surface area contributed by atoms with Gasteiger partial charge in [-0.15, -0.1) is 0 Å². The van der Waals surface area contributed by atoms with Crippen molar-refractivity contribution in [3.8, 4) is 0 Å². The van der Waals surface area contributed by atoms with Crippen LogP contribution in [0.1, 0.15) is 149 Å². The standard InChI is InChI=1S/C45H76NO9P/c1-3-5-7-8-9-10-11-12-13-14-15-16-19-23-26-29-33-37-45(49)55-43(41-54-56(50,51)53-39-38-46)40-52-44(48)36-32-28-25-22-20-17-18-21-24-27-31-35-42(47)34-30-6-4-2/h9-10,12-13,15-18,22,24-25,27,31,35,42-43,47H,3-8,11,14,19-21,23,26,28-30,32-34,36-41,46H2,1-2H3,(H,50,51)/b10-9-,13-12-,16-15-,18-17-,25-22-,27-24-,35-31+/t42-,43-/m1/s1. The summed E-state index contributed by atoms with van der Waals surface area (Å²) in [5, 5.41) is 9.89. The fourth-order valence-corrected chi connectivity index (χ4v) is 5.92. The molecule has 1 unspecified atom stereocenters. The molecule has 0 aromatic heterocycles. The number of phosphoric ester groups is 1. The van der Waals surface area contributed by atoms with Crippen LogP contribution in [-0.2, 0) is 32.7 Å². The Hall–Kier alpha value is -2.85. The maximum Gasteiger partial charge on any atom is 0.472 e. The summed E-state index contributed by atoms with van der Waals surface area (Å²) in [5.41, 5.74) is 5.33. The summed E-state index contributed by atoms with van der Waals surface area (Å²) in [4.78, 5) is 34.8. The minimum absolute atomic E-state index is 0.0306. The molecule has 0 aliphatic heterocycles. The van der Waals surface area contributed by atoms with Crippen molar-refractivity contribution in [3.05, 3.63) is 85.1 Å². The number of allylic oxidation sites excluding steroid dienone is 13.